The van der Waals surface area contributed by atoms with Crippen molar-refractivity contribution in [2.45, 2.75) is 37.9 Å². The molecule has 0 amide bonds. The summed E-state index contributed by atoms with van der Waals surface area (Å²) in [6.45, 7) is 0.851. The third-order valence-electron chi connectivity index (χ3n) is 8.98. The summed E-state index contributed by atoms with van der Waals surface area (Å²) in [5.74, 6) is 1.77. The number of rotatable bonds is 16. The molecule has 0 aromatic heterocycles. The van der Waals surface area contributed by atoms with Crippen LogP contribution in [0.2, 0.25) is 0 Å². The second-order valence-electron chi connectivity index (χ2n) is 12.2. The maximum absolute atomic E-state index is 15.4. The van der Waals surface area contributed by atoms with Crippen LogP contribution in [0.4, 0.5) is 0 Å². The van der Waals surface area contributed by atoms with E-state index in [0.717, 1.165) is 44.9 Å². The molecule has 0 heterocycles. The van der Waals surface area contributed by atoms with E-state index < -0.39 is 11.8 Å². The summed E-state index contributed by atoms with van der Waals surface area (Å²) in [6.07, 6.45) is 0.837. The van der Waals surface area contributed by atoms with E-state index >= 15 is 4.79 Å². The Kier molecular flexibility index (Phi) is 11.6. The van der Waals surface area contributed by atoms with Crippen LogP contribution >= 0.6 is 0 Å². The minimum atomic E-state index is -0.556. The first-order valence-corrected chi connectivity index (χ1v) is 16.9. The van der Waals surface area contributed by atoms with E-state index in [1.54, 1.807) is 14.2 Å². The van der Waals surface area contributed by atoms with E-state index in [0.29, 0.717) is 37.6 Å². The summed E-state index contributed by atoms with van der Waals surface area (Å²) >= 11 is 0. The molecule has 0 bridgehead atoms. The van der Waals surface area contributed by atoms with Gasteiger partial charge in [0.25, 0.3) is 0 Å². The third-order valence-corrected chi connectivity index (χ3v) is 8.98. The summed E-state index contributed by atoms with van der Waals surface area (Å²) in [7, 11) is 3.30. The van der Waals surface area contributed by atoms with E-state index in [1.165, 1.54) is 0 Å². The van der Waals surface area contributed by atoms with Gasteiger partial charge >= 0.3 is 0 Å². The van der Waals surface area contributed by atoms with E-state index in [1.807, 2.05) is 158 Å². The number of ketones is 1. The zero-order valence-electron chi connectivity index (χ0n) is 28.5. The van der Waals surface area contributed by atoms with E-state index in [4.69, 9.17) is 18.9 Å². The van der Waals surface area contributed by atoms with Crippen molar-refractivity contribution in [1.82, 2.24) is 0 Å². The average Bonchev–Trinajstić information content (AvgIpc) is 3.18. The number of hydrogen-bond donors (Lipinski definition) is 0. The van der Waals surface area contributed by atoms with Gasteiger partial charge in [-0.1, -0.05) is 133 Å². The van der Waals surface area contributed by atoms with Gasteiger partial charge in [-0.05, 0) is 59.4 Å². The van der Waals surface area contributed by atoms with Crippen molar-refractivity contribution in [2.75, 3.05) is 14.2 Å². The SMILES string of the molecule is COc1ccccc1C(Cc1ccccc1OCc1ccccc1)C(=O)C(Cc1ccccc1OCc1ccccc1)c1ccccc1OC. The van der Waals surface area contributed by atoms with Crippen molar-refractivity contribution >= 4 is 5.78 Å². The van der Waals surface area contributed by atoms with Crippen LogP contribution in [0.1, 0.15) is 45.2 Å². The zero-order chi connectivity index (χ0) is 34.5. The average molecular weight is 663 g/mol. The fraction of sp³-hybridized carbons (Fsp3) is 0.178. The highest BCUT2D eigenvalue weighted by molar-refractivity contribution is 5.93. The Bertz CT molecular complexity index is 1830. The van der Waals surface area contributed by atoms with Gasteiger partial charge in [0.15, 0.2) is 0 Å². The molecule has 2 atom stereocenters. The highest BCUT2D eigenvalue weighted by Gasteiger charge is 2.34. The molecule has 0 N–H and O–H groups in total. The molecule has 50 heavy (non-hydrogen) atoms. The van der Waals surface area contributed by atoms with Crippen LogP contribution in [0.25, 0.3) is 0 Å². The van der Waals surface area contributed by atoms with Gasteiger partial charge in [0.1, 0.15) is 42.0 Å². The Morgan fingerprint density at radius 1 is 0.440 bits per heavy atom. The Morgan fingerprint density at radius 3 is 1.18 bits per heavy atom. The number of ether oxygens (including phenoxy) is 4. The van der Waals surface area contributed by atoms with Gasteiger partial charge in [-0.15, -0.1) is 0 Å². The number of carbonyl (C=O) groups is 1. The molecule has 6 aromatic rings. The van der Waals surface area contributed by atoms with E-state index in [-0.39, 0.29) is 5.78 Å². The topological polar surface area (TPSA) is 54.0 Å². The van der Waals surface area contributed by atoms with Gasteiger partial charge in [-0.2, -0.15) is 0 Å². The van der Waals surface area contributed by atoms with Crippen LogP contribution in [-0.2, 0) is 30.8 Å². The monoisotopic (exact) mass is 662 g/mol. The number of methoxy groups -OCH3 is 2. The molecule has 0 saturated heterocycles. The van der Waals surface area contributed by atoms with Crippen molar-refractivity contribution < 1.29 is 23.7 Å². The molecule has 2 unspecified atom stereocenters. The molecule has 0 aliphatic carbocycles. The lowest BCUT2D eigenvalue weighted by Gasteiger charge is -2.27. The van der Waals surface area contributed by atoms with Crippen molar-refractivity contribution in [3.63, 3.8) is 0 Å². The summed E-state index contributed by atoms with van der Waals surface area (Å²) in [6, 6.07) is 51.7. The Balaban J connectivity index is 1.39. The van der Waals surface area contributed by atoms with Crippen LogP contribution in [-0.4, -0.2) is 20.0 Å². The van der Waals surface area contributed by atoms with Crippen LogP contribution < -0.4 is 18.9 Å². The third kappa shape index (κ3) is 8.42. The van der Waals surface area contributed by atoms with Crippen LogP contribution in [0.5, 0.6) is 23.0 Å². The minimum Gasteiger partial charge on any atom is -0.496 e. The molecular formula is C45H42O5. The van der Waals surface area contributed by atoms with Crippen LogP contribution in [0, 0.1) is 0 Å². The number of carbonyl (C=O) groups excluding carboxylic acids is 1. The Hall–Kier alpha value is -5.81. The van der Waals surface area contributed by atoms with Gasteiger partial charge < -0.3 is 18.9 Å². The molecule has 0 saturated carbocycles. The fourth-order valence-corrected chi connectivity index (χ4v) is 6.42. The van der Waals surface area contributed by atoms with Gasteiger partial charge in [0.2, 0.25) is 0 Å². The van der Waals surface area contributed by atoms with Gasteiger partial charge in [-0.25, -0.2) is 0 Å². The fourth-order valence-electron chi connectivity index (χ4n) is 6.42. The number of para-hydroxylation sites is 4. The predicted octanol–water partition coefficient (Wildman–Crippen LogP) is 9.78. The lowest BCUT2D eigenvalue weighted by atomic mass is 9.77. The minimum absolute atomic E-state index is 0.0507. The second kappa shape index (κ2) is 17.0. The molecule has 6 rings (SSSR count). The Morgan fingerprint density at radius 2 is 0.780 bits per heavy atom. The number of benzene rings is 6. The van der Waals surface area contributed by atoms with Crippen LogP contribution in [0.3, 0.4) is 0 Å². The van der Waals surface area contributed by atoms with Crippen LogP contribution in [0.15, 0.2) is 158 Å². The second-order valence-corrected chi connectivity index (χ2v) is 12.2. The first-order chi connectivity index (χ1) is 24.6. The quantitative estimate of drug-likeness (QED) is 0.103. The predicted molar refractivity (Wildman–Crippen MR) is 198 cm³/mol. The summed E-state index contributed by atoms with van der Waals surface area (Å²) in [4.78, 5) is 15.4. The van der Waals surface area contributed by atoms with E-state index in [9.17, 15) is 0 Å². The zero-order valence-corrected chi connectivity index (χ0v) is 28.5. The molecule has 6 aromatic carbocycles. The van der Waals surface area contributed by atoms with Crippen molar-refractivity contribution in [1.29, 1.82) is 0 Å². The van der Waals surface area contributed by atoms with Crippen molar-refractivity contribution in [3.8, 4) is 23.0 Å². The summed E-state index contributed by atoms with van der Waals surface area (Å²) in [5, 5.41) is 0. The maximum Gasteiger partial charge on any atom is 0.148 e. The summed E-state index contributed by atoms with van der Waals surface area (Å²) < 4.78 is 24.5. The molecule has 0 spiro atoms. The molecule has 0 radical (unpaired) electrons. The highest BCUT2D eigenvalue weighted by atomic mass is 16.5. The molecule has 0 aliphatic rings. The van der Waals surface area contributed by atoms with E-state index in [2.05, 4.69) is 0 Å². The largest absolute Gasteiger partial charge is 0.496 e. The normalized spacial score (nSPS) is 12.0. The Labute approximate surface area is 295 Å². The number of hydrogen-bond acceptors (Lipinski definition) is 5. The first kappa shape index (κ1) is 34.1. The number of Topliss-reactive ketones (excluding diaryl/α,β-unsaturated/α-hetero) is 1. The smallest absolute Gasteiger partial charge is 0.148 e. The molecular weight excluding hydrogens is 620 g/mol. The van der Waals surface area contributed by atoms with Gasteiger partial charge in [0.05, 0.1) is 26.1 Å². The van der Waals surface area contributed by atoms with Crippen molar-refractivity contribution in [3.05, 3.63) is 191 Å². The van der Waals surface area contributed by atoms with Gasteiger partial charge in [0, 0.05) is 11.1 Å². The van der Waals surface area contributed by atoms with Crippen molar-refractivity contribution in [2.24, 2.45) is 0 Å². The molecule has 0 fully saturated rings. The first-order valence-electron chi connectivity index (χ1n) is 16.9. The molecule has 5 nitrogen and oxygen atoms in total. The standard InChI is InChI=1S/C45H42O5/c1-47-43-27-15-11-23-37(43)39(29-35-21-9-13-25-41(35)49-31-33-17-5-3-6-18-33)45(46)40(38-24-12-16-28-44(38)48-2)30-36-22-10-14-26-42(36)50-32-34-19-7-4-8-20-34/h3-28,39-40H,29-32H2,1-2H3. The molecule has 0 aliphatic heterocycles. The highest BCUT2D eigenvalue weighted by Crippen LogP contribution is 2.40. The maximum atomic E-state index is 15.4. The lowest BCUT2D eigenvalue weighted by molar-refractivity contribution is -0.122. The van der Waals surface area contributed by atoms with Gasteiger partial charge in [-0.3, -0.25) is 4.79 Å². The molecule has 5 heteroatoms. The lowest BCUT2D eigenvalue weighted by Crippen LogP contribution is -2.25. The summed E-state index contributed by atoms with van der Waals surface area (Å²) in [5.41, 5.74) is 5.68. The molecule has 252 valence electrons.